The highest BCUT2D eigenvalue weighted by atomic mass is 32.2. The van der Waals surface area contributed by atoms with Crippen molar-refractivity contribution >= 4 is 17.7 Å². The Bertz CT molecular complexity index is 367. The van der Waals surface area contributed by atoms with Crippen LogP contribution in [0.3, 0.4) is 0 Å². The van der Waals surface area contributed by atoms with Gasteiger partial charge in [-0.25, -0.2) is 0 Å². The molecule has 0 aliphatic carbocycles. The number of hydrogen-bond acceptors (Lipinski definition) is 4. The molecule has 4 nitrogen and oxygen atoms in total. The number of amides is 1. The largest absolute Gasteiger partial charge is 0.381 e. The zero-order chi connectivity index (χ0) is 12.6. The maximum absolute atomic E-state index is 11.7. The first-order valence-corrected chi connectivity index (χ1v) is 7.20. The highest BCUT2D eigenvalue weighted by Gasteiger charge is 2.14. The molecule has 2 heterocycles. The van der Waals surface area contributed by atoms with E-state index < -0.39 is 0 Å². The van der Waals surface area contributed by atoms with Gasteiger partial charge in [0, 0.05) is 30.4 Å². The Morgan fingerprint density at radius 3 is 3.06 bits per heavy atom. The number of rotatable bonds is 5. The van der Waals surface area contributed by atoms with Crippen LogP contribution in [0, 0.1) is 5.92 Å². The molecule has 0 radical (unpaired) electrons. The first-order valence-electron chi connectivity index (χ1n) is 6.22. The summed E-state index contributed by atoms with van der Waals surface area (Å²) < 4.78 is 5.38. The summed E-state index contributed by atoms with van der Waals surface area (Å²) in [6.07, 6.45) is 5.73. The van der Waals surface area contributed by atoms with E-state index in [9.17, 15) is 4.79 Å². The molecule has 98 valence electrons. The maximum Gasteiger partial charge on any atom is 0.230 e. The summed E-state index contributed by atoms with van der Waals surface area (Å²) >= 11 is 1.53. The quantitative estimate of drug-likeness (QED) is 0.824. The average molecular weight is 266 g/mol. The predicted octanol–water partition coefficient (Wildman–Crippen LogP) is 1.72. The van der Waals surface area contributed by atoms with Crippen LogP contribution in [-0.4, -0.2) is 36.4 Å². The Balaban J connectivity index is 1.63. The summed E-state index contributed by atoms with van der Waals surface area (Å²) in [7, 11) is 0. The van der Waals surface area contributed by atoms with Crippen molar-refractivity contribution in [1.29, 1.82) is 0 Å². The van der Waals surface area contributed by atoms with Gasteiger partial charge in [-0.1, -0.05) is 0 Å². The number of nitrogens with zero attached hydrogens (tertiary/aromatic N) is 1. The summed E-state index contributed by atoms with van der Waals surface area (Å²) in [6.45, 7) is 2.37. The van der Waals surface area contributed by atoms with Gasteiger partial charge in [-0.15, -0.1) is 11.8 Å². The highest BCUT2D eigenvalue weighted by Crippen LogP contribution is 2.16. The Morgan fingerprint density at radius 1 is 1.50 bits per heavy atom. The topological polar surface area (TPSA) is 51.2 Å². The fourth-order valence-corrected chi connectivity index (χ4v) is 2.57. The van der Waals surface area contributed by atoms with Gasteiger partial charge in [0.25, 0.3) is 0 Å². The van der Waals surface area contributed by atoms with E-state index in [1.807, 2.05) is 12.1 Å². The monoisotopic (exact) mass is 266 g/mol. The van der Waals surface area contributed by atoms with Gasteiger partial charge in [0.05, 0.1) is 12.4 Å². The van der Waals surface area contributed by atoms with Crippen molar-refractivity contribution in [3.8, 4) is 0 Å². The number of carbonyl (C=O) groups excluding carboxylic acids is 1. The van der Waals surface area contributed by atoms with Crippen molar-refractivity contribution in [2.75, 3.05) is 25.5 Å². The smallest absolute Gasteiger partial charge is 0.230 e. The maximum atomic E-state index is 11.7. The first-order chi connectivity index (χ1) is 8.84. The minimum absolute atomic E-state index is 0.0855. The van der Waals surface area contributed by atoms with Gasteiger partial charge in [-0.3, -0.25) is 9.78 Å². The normalized spacial score (nSPS) is 19.4. The van der Waals surface area contributed by atoms with Crippen molar-refractivity contribution in [1.82, 2.24) is 10.3 Å². The van der Waals surface area contributed by atoms with E-state index in [0.29, 0.717) is 11.7 Å². The molecule has 2 rings (SSSR count). The third kappa shape index (κ3) is 4.66. The van der Waals surface area contributed by atoms with Gasteiger partial charge in [0.15, 0.2) is 0 Å². The number of carbonyl (C=O) groups is 1. The van der Waals surface area contributed by atoms with Crippen LogP contribution >= 0.6 is 11.8 Å². The lowest BCUT2D eigenvalue weighted by Crippen LogP contribution is -2.34. The molecule has 0 bridgehead atoms. The second kappa shape index (κ2) is 7.38. The molecule has 1 N–H and O–H groups in total. The fourth-order valence-electron chi connectivity index (χ4n) is 1.86. The third-order valence-electron chi connectivity index (χ3n) is 2.86. The Labute approximate surface area is 112 Å². The van der Waals surface area contributed by atoms with E-state index >= 15 is 0 Å². The van der Waals surface area contributed by atoms with E-state index in [2.05, 4.69) is 10.3 Å². The number of ether oxygens (including phenoxy) is 1. The zero-order valence-electron chi connectivity index (χ0n) is 10.3. The number of hydrogen-bond donors (Lipinski definition) is 1. The van der Waals surface area contributed by atoms with Gasteiger partial charge < -0.3 is 10.1 Å². The molecule has 1 aromatic heterocycles. The minimum atomic E-state index is 0.0855. The van der Waals surface area contributed by atoms with Gasteiger partial charge in [0.2, 0.25) is 5.91 Å². The van der Waals surface area contributed by atoms with Crippen LogP contribution in [0.1, 0.15) is 12.8 Å². The zero-order valence-corrected chi connectivity index (χ0v) is 11.1. The SMILES string of the molecule is O=C(CSc1ccncc1)NC[C@@H]1CCCOC1. The van der Waals surface area contributed by atoms with E-state index in [1.165, 1.54) is 11.8 Å². The van der Waals surface area contributed by atoms with Crippen LogP contribution < -0.4 is 5.32 Å². The van der Waals surface area contributed by atoms with E-state index in [1.54, 1.807) is 12.4 Å². The Kier molecular flexibility index (Phi) is 5.48. The lowest BCUT2D eigenvalue weighted by Gasteiger charge is -2.22. The Hall–Kier alpha value is -1.07. The highest BCUT2D eigenvalue weighted by molar-refractivity contribution is 8.00. The summed E-state index contributed by atoms with van der Waals surface area (Å²) in [5, 5.41) is 2.97. The molecular weight excluding hydrogens is 248 g/mol. The summed E-state index contributed by atoms with van der Waals surface area (Å²) in [6, 6.07) is 3.82. The molecule has 1 amide bonds. The third-order valence-corrected chi connectivity index (χ3v) is 3.87. The van der Waals surface area contributed by atoms with Crippen LogP contribution in [-0.2, 0) is 9.53 Å². The molecule has 0 aromatic carbocycles. The second-order valence-corrected chi connectivity index (χ2v) is 5.41. The molecule has 0 spiro atoms. The van der Waals surface area contributed by atoms with Gasteiger partial charge in [0.1, 0.15) is 0 Å². The Morgan fingerprint density at radius 2 is 2.33 bits per heavy atom. The molecule has 1 aromatic rings. The van der Waals surface area contributed by atoms with Crippen molar-refractivity contribution in [2.45, 2.75) is 17.7 Å². The van der Waals surface area contributed by atoms with E-state index in [4.69, 9.17) is 4.74 Å². The van der Waals surface area contributed by atoms with Crippen LogP contribution in [0.25, 0.3) is 0 Å². The van der Waals surface area contributed by atoms with E-state index in [0.717, 1.165) is 37.5 Å². The van der Waals surface area contributed by atoms with Crippen LogP contribution in [0.4, 0.5) is 0 Å². The molecule has 1 fully saturated rings. The van der Waals surface area contributed by atoms with Gasteiger partial charge in [-0.05, 0) is 30.9 Å². The molecule has 0 unspecified atom stereocenters. The van der Waals surface area contributed by atoms with Crippen molar-refractivity contribution in [2.24, 2.45) is 5.92 Å². The summed E-state index contributed by atoms with van der Waals surface area (Å²) in [4.78, 5) is 16.7. The standard InChI is InChI=1S/C13H18N2O2S/c16-13(10-18-12-3-5-14-6-4-12)15-8-11-2-1-7-17-9-11/h3-6,11H,1-2,7-10H2,(H,15,16)/t11-/m0/s1. The van der Waals surface area contributed by atoms with Crippen LogP contribution in [0.15, 0.2) is 29.4 Å². The first kappa shape index (κ1) is 13.4. The van der Waals surface area contributed by atoms with Crippen molar-refractivity contribution < 1.29 is 9.53 Å². The molecule has 1 aliphatic rings. The van der Waals surface area contributed by atoms with Crippen molar-refractivity contribution in [3.63, 3.8) is 0 Å². The minimum Gasteiger partial charge on any atom is -0.381 e. The summed E-state index contributed by atoms with van der Waals surface area (Å²) in [5.41, 5.74) is 0. The summed E-state index contributed by atoms with van der Waals surface area (Å²) in [5.74, 6) is 1.02. The lowest BCUT2D eigenvalue weighted by molar-refractivity contribution is -0.118. The fraction of sp³-hybridized carbons (Fsp3) is 0.538. The number of thioether (sulfide) groups is 1. The molecule has 1 atom stereocenters. The van der Waals surface area contributed by atoms with Crippen LogP contribution in [0.5, 0.6) is 0 Å². The predicted molar refractivity (Wildman–Crippen MR) is 71.5 cm³/mol. The van der Waals surface area contributed by atoms with Crippen LogP contribution in [0.2, 0.25) is 0 Å². The molecule has 0 saturated carbocycles. The second-order valence-electron chi connectivity index (χ2n) is 4.36. The lowest BCUT2D eigenvalue weighted by atomic mass is 10.0. The number of nitrogens with one attached hydrogen (secondary N) is 1. The van der Waals surface area contributed by atoms with Crippen molar-refractivity contribution in [3.05, 3.63) is 24.5 Å². The molecule has 1 aliphatic heterocycles. The van der Waals surface area contributed by atoms with Gasteiger partial charge in [-0.2, -0.15) is 0 Å². The molecule has 5 heteroatoms. The molecule has 18 heavy (non-hydrogen) atoms. The molecule has 1 saturated heterocycles. The van der Waals surface area contributed by atoms with Gasteiger partial charge >= 0.3 is 0 Å². The number of aromatic nitrogens is 1. The molecular formula is C13H18N2O2S. The van der Waals surface area contributed by atoms with E-state index in [-0.39, 0.29) is 5.91 Å². The average Bonchev–Trinajstić information content (AvgIpc) is 2.45. The number of pyridine rings is 1.